The molecular weight excluding hydrogens is 270 g/mol. The highest BCUT2D eigenvalue weighted by Gasteiger charge is 2.17. The summed E-state index contributed by atoms with van der Waals surface area (Å²) in [5.41, 5.74) is 0. The van der Waals surface area contributed by atoms with E-state index in [1.54, 1.807) is 0 Å². The fourth-order valence-electron chi connectivity index (χ4n) is 0.966. The molecule has 2 heterocycles. The molecule has 10 heteroatoms. The Balaban J connectivity index is 2.24. The second-order valence-corrected chi connectivity index (χ2v) is 4.81. The average Bonchev–Trinajstić information content (AvgIpc) is 2.83. The average molecular weight is 273 g/mol. The Hall–Kier alpha value is -1.94. The van der Waals surface area contributed by atoms with Crippen LogP contribution in [0.2, 0.25) is 0 Å². The highest BCUT2D eigenvalue weighted by atomic mass is 32.2. The number of rotatable bonds is 3. The summed E-state index contributed by atoms with van der Waals surface area (Å²) in [6, 6.07) is 2.58. The van der Waals surface area contributed by atoms with E-state index in [0.717, 1.165) is 11.3 Å². The molecule has 8 nitrogen and oxygen atoms in total. The van der Waals surface area contributed by atoms with Crippen LogP contribution in [-0.2, 0) is 0 Å². The minimum atomic E-state index is -1.10. The highest BCUT2D eigenvalue weighted by Crippen LogP contribution is 2.32. The maximum atomic E-state index is 10.4. The van der Waals surface area contributed by atoms with Crippen LogP contribution in [0, 0.1) is 10.1 Å². The molecule has 1 N–H and O–H groups in total. The summed E-state index contributed by atoms with van der Waals surface area (Å²) in [6.45, 7) is 0. The number of hydrogen-bond acceptors (Lipinski definition) is 8. The minimum absolute atomic E-state index is 0.187. The van der Waals surface area contributed by atoms with Crippen LogP contribution in [0.4, 0.5) is 10.7 Å². The summed E-state index contributed by atoms with van der Waals surface area (Å²) in [5, 5.41) is 25.4. The van der Waals surface area contributed by atoms with E-state index in [9.17, 15) is 14.9 Å². The molecule has 2 aromatic rings. The van der Waals surface area contributed by atoms with Gasteiger partial charge in [0.25, 0.3) is 0 Å². The van der Waals surface area contributed by atoms with E-state index in [4.69, 9.17) is 9.52 Å². The molecule has 17 heavy (non-hydrogen) atoms. The zero-order valence-corrected chi connectivity index (χ0v) is 9.53. The number of furan rings is 1. The third-order valence-electron chi connectivity index (χ3n) is 1.56. The Morgan fingerprint density at radius 2 is 2.29 bits per heavy atom. The van der Waals surface area contributed by atoms with Crippen LogP contribution in [0.25, 0.3) is 10.8 Å². The first-order valence-corrected chi connectivity index (χ1v) is 5.68. The highest BCUT2D eigenvalue weighted by molar-refractivity contribution is 8.14. The molecule has 0 aliphatic carbocycles. The standard InChI is InChI=1S/C7H3N3O5S2/c11-7(12)17-6-9-8-5(16-6)3-1-2-4(15-3)10(13)14/h1-2H,(H,11,12). The van der Waals surface area contributed by atoms with Crippen LogP contribution in [0.15, 0.2) is 20.9 Å². The molecule has 88 valence electrons. The maximum Gasteiger partial charge on any atom is 0.433 e. The fourth-order valence-corrected chi connectivity index (χ4v) is 2.35. The smallest absolute Gasteiger partial charge is 0.433 e. The zero-order valence-electron chi connectivity index (χ0n) is 7.89. The molecule has 0 atom stereocenters. The number of nitro groups is 1. The monoisotopic (exact) mass is 273 g/mol. The van der Waals surface area contributed by atoms with Crippen LogP contribution >= 0.6 is 23.1 Å². The molecule has 2 aromatic heterocycles. The van der Waals surface area contributed by atoms with Crippen molar-refractivity contribution in [2.24, 2.45) is 0 Å². The van der Waals surface area contributed by atoms with E-state index in [1.165, 1.54) is 12.1 Å². The largest absolute Gasteiger partial charge is 0.473 e. The predicted molar refractivity (Wildman–Crippen MR) is 58.1 cm³/mol. The Morgan fingerprint density at radius 3 is 2.88 bits per heavy atom. The molecule has 0 fully saturated rings. The lowest BCUT2D eigenvalue weighted by molar-refractivity contribution is -0.401. The van der Waals surface area contributed by atoms with E-state index in [1.807, 2.05) is 0 Å². The summed E-state index contributed by atoms with van der Waals surface area (Å²) >= 11 is 1.50. The lowest BCUT2D eigenvalue weighted by atomic mass is 10.5. The van der Waals surface area contributed by atoms with E-state index >= 15 is 0 Å². The van der Waals surface area contributed by atoms with E-state index in [-0.39, 0.29) is 10.1 Å². The van der Waals surface area contributed by atoms with Crippen molar-refractivity contribution in [3.05, 3.63) is 22.2 Å². The molecule has 0 aliphatic heterocycles. The fraction of sp³-hybridized carbons (Fsp3) is 0. The van der Waals surface area contributed by atoms with Crippen molar-refractivity contribution < 1.29 is 19.2 Å². The Morgan fingerprint density at radius 1 is 1.53 bits per heavy atom. The number of aromatic nitrogens is 2. The second-order valence-electron chi connectivity index (χ2n) is 2.64. The number of thioether (sulfide) groups is 1. The Bertz CT molecular complexity index is 578. The molecule has 0 spiro atoms. The molecule has 0 saturated carbocycles. The van der Waals surface area contributed by atoms with Crippen LogP contribution in [-0.4, -0.2) is 25.5 Å². The maximum absolute atomic E-state index is 10.4. The molecule has 0 aromatic carbocycles. The topological polar surface area (TPSA) is 119 Å². The van der Waals surface area contributed by atoms with Gasteiger partial charge in [0.1, 0.15) is 4.92 Å². The van der Waals surface area contributed by atoms with Crippen LogP contribution < -0.4 is 0 Å². The lowest BCUT2D eigenvalue weighted by Crippen LogP contribution is -1.82. The van der Waals surface area contributed by atoms with Crippen molar-refractivity contribution in [1.29, 1.82) is 0 Å². The van der Waals surface area contributed by atoms with Gasteiger partial charge in [0.15, 0.2) is 15.1 Å². The predicted octanol–water partition coefficient (Wildman–Crippen LogP) is 2.48. The van der Waals surface area contributed by atoms with Crippen molar-refractivity contribution in [3.63, 3.8) is 0 Å². The van der Waals surface area contributed by atoms with Crippen LogP contribution in [0.5, 0.6) is 0 Å². The third kappa shape index (κ3) is 2.60. The summed E-state index contributed by atoms with van der Waals surface area (Å²) in [5.74, 6) is -0.214. The van der Waals surface area contributed by atoms with Gasteiger partial charge in [-0.2, -0.15) is 0 Å². The zero-order chi connectivity index (χ0) is 12.4. The van der Waals surface area contributed by atoms with Crippen LogP contribution in [0.3, 0.4) is 0 Å². The van der Waals surface area contributed by atoms with Gasteiger partial charge in [-0.25, -0.2) is 4.79 Å². The number of nitrogens with zero attached hydrogens (tertiary/aromatic N) is 3. The van der Waals surface area contributed by atoms with Crippen molar-refractivity contribution in [3.8, 4) is 10.8 Å². The summed E-state index contributed by atoms with van der Waals surface area (Å²) < 4.78 is 5.13. The Kier molecular flexibility index (Phi) is 3.06. The number of carboxylic acid groups (broad SMARTS) is 1. The Labute approximate surface area is 101 Å². The van der Waals surface area contributed by atoms with Gasteiger partial charge < -0.3 is 9.52 Å². The van der Waals surface area contributed by atoms with Gasteiger partial charge in [-0.05, 0) is 6.07 Å². The van der Waals surface area contributed by atoms with Crippen molar-refractivity contribution >= 4 is 34.3 Å². The first-order chi connectivity index (χ1) is 8.06. The minimum Gasteiger partial charge on any atom is -0.473 e. The van der Waals surface area contributed by atoms with Gasteiger partial charge in [0.05, 0.1) is 6.07 Å². The normalized spacial score (nSPS) is 10.4. The summed E-state index contributed by atoms with van der Waals surface area (Å²) in [7, 11) is 0. The molecule has 2 rings (SSSR count). The lowest BCUT2D eigenvalue weighted by Gasteiger charge is -1.85. The van der Waals surface area contributed by atoms with Crippen molar-refractivity contribution in [2.45, 2.75) is 4.34 Å². The molecule has 0 bridgehead atoms. The van der Waals surface area contributed by atoms with E-state index < -0.39 is 16.1 Å². The molecular formula is C7H3N3O5S2. The number of carbonyl (C=O) groups is 1. The van der Waals surface area contributed by atoms with Crippen LogP contribution in [0.1, 0.15) is 0 Å². The van der Waals surface area contributed by atoms with E-state index in [0.29, 0.717) is 16.8 Å². The number of hydrogen-bond donors (Lipinski definition) is 1. The van der Waals surface area contributed by atoms with Gasteiger partial charge in [-0.15, -0.1) is 10.2 Å². The molecule has 0 amide bonds. The van der Waals surface area contributed by atoms with Gasteiger partial charge in [0, 0.05) is 11.8 Å². The van der Waals surface area contributed by atoms with Gasteiger partial charge >= 0.3 is 11.2 Å². The summed E-state index contributed by atoms with van der Waals surface area (Å²) in [4.78, 5) is 20.1. The molecule has 0 radical (unpaired) electrons. The summed E-state index contributed by atoms with van der Waals surface area (Å²) in [6.07, 6.45) is 0. The first-order valence-electron chi connectivity index (χ1n) is 4.05. The SMILES string of the molecule is O=C(O)Sc1nnc(-c2ccc([N+](=O)[O-])o2)s1. The van der Waals surface area contributed by atoms with Crippen molar-refractivity contribution in [2.75, 3.05) is 0 Å². The molecule has 0 aliphatic rings. The molecule has 0 unspecified atom stereocenters. The second kappa shape index (κ2) is 4.51. The van der Waals surface area contributed by atoms with Crippen molar-refractivity contribution in [1.82, 2.24) is 10.2 Å². The molecule has 0 saturated heterocycles. The first kappa shape index (κ1) is 11.5. The van der Waals surface area contributed by atoms with Gasteiger partial charge in [-0.3, -0.25) is 10.1 Å². The third-order valence-corrected chi connectivity index (χ3v) is 3.23. The van der Waals surface area contributed by atoms with Gasteiger partial charge in [-0.1, -0.05) is 11.3 Å². The van der Waals surface area contributed by atoms with E-state index in [2.05, 4.69) is 10.2 Å². The quantitative estimate of drug-likeness (QED) is 0.514. The van der Waals surface area contributed by atoms with Gasteiger partial charge in [0.2, 0.25) is 0 Å².